The first-order valence-electron chi connectivity index (χ1n) is 12.4. The second-order valence-electron chi connectivity index (χ2n) is 9.32. The molecule has 1 fully saturated rings. The highest BCUT2D eigenvalue weighted by Crippen LogP contribution is 2.49. The van der Waals surface area contributed by atoms with Crippen LogP contribution >= 0.6 is 0 Å². The van der Waals surface area contributed by atoms with Gasteiger partial charge in [0, 0.05) is 11.1 Å². The summed E-state index contributed by atoms with van der Waals surface area (Å²) in [6.45, 7) is 2.23. The van der Waals surface area contributed by atoms with Crippen molar-refractivity contribution in [3.8, 4) is 28.1 Å². The lowest BCUT2D eigenvalue weighted by Gasteiger charge is -2.17. The lowest BCUT2D eigenvalue weighted by atomic mass is 9.92. The summed E-state index contributed by atoms with van der Waals surface area (Å²) in [5, 5.41) is 0. The van der Waals surface area contributed by atoms with Crippen molar-refractivity contribution in [3.05, 3.63) is 95.8 Å². The topological polar surface area (TPSA) is 61.6 Å². The molecule has 0 amide bonds. The van der Waals surface area contributed by atoms with Gasteiger partial charge in [-0.25, -0.2) is 9.37 Å². The van der Waals surface area contributed by atoms with Crippen LogP contribution in [0.4, 0.5) is 4.39 Å². The van der Waals surface area contributed by atoms with E-state index >= 15 is 4.39 Å². The molecule has 0 spiro atoms. The zero-order chi connectivity index (χ0) is 24.6. The van der Waals surface area contributed by atoms with Crippen LogP contribution in [0.1, 0.15) is 48.5 Å². The summed E-state index contributed by atoms with van der Waals surface area (Å²) in [4.78, 5) is 16.3. The molecule has 0 saturated heterocycles. The molecule has 3 atom stereocenters. The van der Waals surface area contributed by atoms with Gasteiger partial charge in [0.15, 0.2) is 6.39 Å². The summed E-state index contributed by atoms with van der Waals surface area (Å²) in [5.74, 6) is 0.475. The molecule has 0 aliphatic heterocycles. The Hall–Kier alpha value is -3.93. The highest BCUT2D eigenvalue weighted by Gasteiger charge is 2.45. The first kappa shape index (κ1) is 22.5. The molecule has 3 aromatic carbocycles. The molecule has 0 bridgehead atoms. The van der Waals surface area contributed by atoms with Gasteiger partial charge < -0.3 is 13.9 Å². The smallest absolute Gasteiger partial charge is 0.309 e. The lowest BCUT2D eigenvalue weighted by molar-refractivity contribution is -0.144. The van der Waals surface area contributed by atoms with Gasteiger partial charge in [0.1, 0.15) is 29.6 Å². The SMILES string of the molecule is CCOC(=O)[C@H]1C[C@@H]1c1ccc(O[C@@H]2CCc3c(-c4ccccc4-c4cocn4)ccc(F)c32)cc1. The first-order chi connectivity index (χ1) is 17.6. The fourth-order valence-electron chi connectivity index (χ4n) is 5.36. The third-order valence-electron chi connectivity index (χ3n) is 7.17. The Kier molecular flexibility index (Phi) is 5.80. The Bertz CT molecular complexity index is 1400. The van der Waals surface area contributed by atoms with Crippen LogP contribution in [0.15, 0.2) is 77.7 Å². The quantitative estimate of drug-likeness (QED) is 0.268. The largest absolute Gasteiger partial charge is 0.486 e. The molecule has 36 heavy (non-hydrogen) atoms. The Labute approximate surface area is 208 Å². The number of rotatable bonds is 7. The second kappa shape index (κ2) is 9.26. The summed E-state index contributed by atoms with van der Waals surface area (Å²) in [5.41, 5.74) is 6.37. The van der Waals surface area contributed by atoms with Crippen LogP contribution in [0.25, 0.3) is 22.4 Å². The van der Waals surface area contributed by atoms with E-state index in [0.717, 1.165) is 46.4 Å². The van der Waals surface area contributed by atoms with E-state index in [4.69, 9.17) is 13.9 Å². The number of fused-ring (bicyclic) bond motifs is 1. The molecule has 0 unspecified atom stereocenters. The highest BCUT2D eigenvalue weighted by molar-refractivity contribution is 5.84. The number of hydrogen-bond donors (Lipinski definition) is 0. The number of oxazole rings is 1. The third-order valence-corrected chi connectivity index (χ3v) is 7.17. The summed E-state index contributed by atoms with van der Waals surface area (Å²) >= 11 is 0. The predicted octanol–water partition coefficient (Wildman–Crippen LogP) is 6.88. The van der Waals surface area contributed by atoms with Crippen LogP contribution in [0.5, 0.6) is 5.75 Å². The molecule has 2 aliphatic rings. The number of nitrogens with zero attached hydrogens (tertiary/aromatic N) is 1. The van der Waals surface area contributed by atoms with Crippen LogP contribution in [-0.2, 0) is 16.0 Å². The molecule has 6 heteroatoms. The van der Waals surface area contributed by atoms with Gasteiger partial charge >= 0.3 is 5.97 Å². The Balaban J connectivity index is 1.24. The van der Waals surface area contributed by atoms with E-state index in [9.17, 15) is 4.79 Å². The predicted molar refractivity (Wildman–Crippen MR) is 133 cm³/mol. The number of ether oxygens (including phenoxy) is 2. The van der Waals surface area contributed by atoms with E-state index in [1.165, 1.54) is 12.5 Å². The molecule has 0 radical (unpaired) electrons. The van der Waals surface area contributed by atoms with Crippen molar-refractivity contribution in [2.45, 2.75) is 38.2 Å². The van der Waals surface area contributed by atoms with Crippen molar-refractivity contribution in [1.29, 1.82) is 0 Å². The van der Waals surface area contributed by atoms with E-state index in [2.05, 4.69) is 4.98 Å². The highest BCUT2D eigenvalue weighted by atomic mass is 19.1. The molecule has 182 valence electrons. The standard InChI is InChI=1S/C30H26FNO4/c1-2-35-30(33)25-15-24(25)18-7-9-19(10-8-18)36-28-14-12-23-21(11-13-26(31)29(23)28)20-5-3-4-6-22(20)27-16-34-17-32-27/h3-11,13,16-17,24-25,28H,2,12,14-15H2,1H3/t24-,25+,28-/m1/s1. The van der Waals surface area contributed by atoms with Crippen molar-refractivity contribution in [1.82, 2.24) is 4.98 Å². The molecule has 1 heterocycles. The minimum Gasteiger partial charge on any atom is -0.486 e. The Morgan fingerprint density at radius 1 is 1.06 bits per heavy atom. The number of hydrogen-bond acceptors (Lipinski definition) is 5. The maximum Gasteiger partial charge on any atom is 0.309 e. The Morgan fingerprint density at radius 3 is 2.61 bits per heavy atom. The molecule has 1 aromatic heterocycles. The van der Waals surface area contributed by atoms with Gasteiger partial charge in [0.05, 0.1) is 12.5 Å². The maximum atomic E-state index is 15.1. The number of benzene rings is 3. The van der Waals surface area contributed by atoms with E-state index in [1.54, 1.807) is 6.26 Å². The third kappa shape index (κ3) is 4.06. The van der Waals surface area contributed by atoms with Gasteiger partial charge in [0.25, 0.3) is 0 Å². The van der Waals surface area contributed by atoms with E-state index in [-0.39, 0.29) is 29.7 Å². The normalized spacial score (nSPS) is 20.1. The first-order valence-corrected chi connectivity index (χ1v) is 12.4. The summed E-state index contributed by atoms with van der Waals surface area (Å²) in [7, 11) is 0. The van der Waals surface area contributed by atoms with Crippen LogP contribution in [0.2, 0.25) is 0 Å². The molecular weight excluding hydrogens is 457 g/mol. The van der Waals surface area contributed by atoms with Gasteiger partial charge in [-0.05, 0) is 72.6 Å². The number of esters is 1. The van der Waals surface area contributed by atoms with E-state index in [1.807, 2.05) is 61.5 Å². The average Bonchev–Trinajstić information content (AvgIpc) is 3.29. The summed E-state index contributed by atoms with van der Waals surface area (Å²) in [6.07, 6.45) is 4.91. The van der Waals surface area contributed by atoms with Gasteiger partial charge in [-0.1, -0.05) is 42.5 Å². The van der Waals surface area contributed by atoms with Gasteiger partial charge in [-0.2, -0.15) is 0 Å². The minimum absolute atomic E-state index is 0.0499. The van der Waals surface area contributed by atoms with Crippen molar-refractivity contribution in [2.24, 2.45) is 5.92 Å². The number of carbonyl (C=O) groups is 1. The summed E-state index contributed by atoms with van der Waals surface area (Å²) < 4.78 is 31.7. The van der Waals surface area contributed by atoms with Gasteiger partial charge in [-0.3, -0.25) is 4.79 Å². The van der Waals surface area contributed by atoms with Crippen molar-refractivity contribution < 1.29 is 23.1 Å². The number of aromatic nitrogens is 1. The van der Waals surface area contributed by atoms with Gasteiger partial charge in [-0.15, -0.1) is 0 Å². The van der Waals surface area contributed by atoms with Crippen LogP contribution < -0.4 is 4.74 Å². The molecular formula is C30H26FNO4. The Morgan fingerprint density at radius 2 is 1.86 bits per heavy atom. The van der Waals surface area contributed by atoms with Crippen LogP contribution in [-0.4, -0.2) is 17.6 Å². The number of carbonyl (C=O) groups excluding carboxylic acids is 1. The van der Waals surface area contributed by atoms with Crippen molar-refractivity contribution in [2.75, 3.05) is 6.61 Å². The summed E-state index contributed by atoms with van der Waals surface area (Å²) in [6, 6.07) is 19.2. The maximum absolute atomic E-state index is 15.1. The molecule has 4 aromatic rings. The average molecular weight is 484 g/mol. The molecule has 1 saturated carbocycles. The van der Waals surface area contributed by atoms with E-state index < -0.39 is 0 Å². The minimum atomic E-state index is -0.363. The fraction of sp³-hybridized carbons (Fsp3) is 0.267. The van der Waals surface area contributed by atoms with Crippen LogP contribution in [0.3, 0.4) is 0 Å². The number of halogens is 1. The second-order valence-corrected chi connectivity index (χ2v) is 9.32. The zero-order valence-corrected chi connectivity index (χ0v) is 19.9. The molecule has 0 N–H and O–H groups in total. The monoisotopic (exact) mass is 483 g/mol. The van der Waals surface area contributed by atoms with Gasteiger partial charge in [0.2, 0.25) is 0 Å². The molecule has 2 aliphatic carbocycles. The van der Waals surface area contributed by atoms with Crippen molar-refractivity contribution >= 4 is 5.97 Å². The molecule has 5 nitrogen and oxygen atoms in total. The van der Waals surface area contributed by atoms with Crippen molar-refractivity contribution in [3.63, 3.8) is 0 Å². The lowest BCUT2D eigenvalue weighted by Crippen LogP contribution is -2.07. The van der Waals surface area contributed by atoms with E-state index in [0.29, 0.717) is 24.3 Å². The van der Waals surface area contributed by atoms with Crippen LogP contribution in [0, 0.1) is 11.7 Å². The fourth-order valence-corrected chi connectivity index (χ4v) is 5.36. The zero-order valence-electron chi connectivity index (χ0n) is 19.9. The molecule has 6 rings (SSSR count).